The van der Waals surface area contributed by atoms with Gasteiger partial charge in [-0.25, -0.2) is 4.98 Å². The number of carbonyl (C=O) groups excluding carboxylic acids is 1. The van der Waals surface area contributed by atoms with E-state index in [4.69, 9.17) is 5.73 Å². The molecule has 0 fully saturated rings. The summed E-state index contributed by atoms with van der Waals surface area (Å²) in [5.41, 5.74) is 8.63. The van der Waals surface area contributed by atoms with Gasteiger partial charge in [0.25, 0.3) is 5.91 Å². The van der Waals surface area contributed by atoms with Gasteiger partial charge in [0.15, 0.2) is 5.13 Å². The van der Waals surface area contributed by atoms with Crippen molar-refractivity contribution >= 4 is 28.1 Å². The van der Waals surface area contributed by atoms with Crippen LogP contribution in [0.1, 0.15) is 27.7 Å². The third-order valence-electron chi connectivity index (χ3n) is 4.08. The number of aromatic nitrogens is 1. The van der Waals surface area contributed by atoms with Crippen molar-refractivity contribution in [1.82, 2.24) is 10.3 Å². The van der Waals surface area contributed by atoms with Crippen LogP contribution in [-0.4, -0.2) is 29.1 Å². The van der Waals surface area contributed by atoms with E-state index in [9.17, 15) is 9.90 Å². The first-order valence-electron chi connectivity index (χ1n) is 8.67. The minimum absolute atomic E-state index is 0.271. The first kappa shape index (κ1) is 19.0. The molecule has 0 aliphatic carbocycles. The molecule has 5 N–H and O–H groups in total. The first-order chi connectivity index (χ1) is 13.1. The van der Waals surface area contributed by atoms with Gasteiger partial charge in [-0.3, -0.25) is 4.79 Å². The van der Waals surface area contributed by atoms with Crippen LogP contribution in [0.25, 0.3) is 0 Å². The second kappa shape index (κ2) is 9.27. The zero-order valence-corrected chi connectivity index (χ0v) is 15.6. The second-order valence-electron chi connectivity index (χ2n) is 6.10. The summed E-state index contributed by atoms with van der Waals surface area (Å²) < 4.78 is 0. The van der Waals surface area contributed by atoms with Crippen LogP contribution >= 0.6 is 11.3 Å². The summed E-state index contributed by atoms with van der Waals surface area (Å²) in [4.78, 5) is 16.0. The molecular weight excluding hydrogens is 360 g/mol. The molecule has 0 spiro atoms. The van der Waals surface area contributed by atoms with Crippen molar-refractivity contribution in [2.75, 3.05) is 24.1 Å². The van der Waals surface area contributed by atoms with Crippen LogP contribution in [0.4, 0.5) is 10.8 Å². The number of rotatable bonds is 8. The zero-order valence-electron chi connectivity index (χ0n) is 14.8. The van der Waals surface area contributed by atoms with Crippen molar-refractivity contribution in [3.63, 3.8) is 0 Å². The summed E-state index contributed by atoms with van der Waals surface area (Å²) in [6.07, 6.45) is 0.321. The fraction of sp³-hybridized carbons (Fsp3) is 0.200. The average Bonchev–Trinajstić information content (AvgIpc) is 3.13. The molecule has 0 bridgehead atoms. The molecule has 2 aromatic carbocycles. The third kappa shape index (κ3) is 5.62. The summed E-state index contributed by atoms with van der Waals surface area (Å²) in [5, 5.41) is 18.2. The lowest BCUT2D eigenvalue weighted by molar-refractivity contribution is 0.102. The minimum atomic E-state index is -0.511. The van der Waals surface area contributed by atoms with E-state index in [1.807, 2.05) is 54.6 Å². The molecule has 1 aromatic heterocycles. The van der Waals surface area contributed by atoms with Crippen molar-refractivity contribution in [2.45, 2.75) is 12.5 Å². The monoisotopic (exact) mass is 382 g/mol. The molecule has 7 heteroatoms. The molecule has 0 saturated heterocycles. The summed E-state index contributed by atoms with van der Waals surface area (Å²) in [5.74, 6) is -0.271. The van der Waals surface area contributed by atoms with Crippen molar-refractivity contribution in [3.05, 3.63) is 76.8 Å². The molecule has 3 aromatic rings. The van der Waals surface area contributed by atoms with Crippen LogP contribution in [0.15, 0.2) is 60.0 Å². The van der Waals surface area contributed by atoms with Gasteiger partial charge in [0, 0.05) is 17.6 Å². The van der Waals surface area contributed by atoms with Gasteiger partial charge in [-0.2, -0.15) is 0 Å². The number of nitrogen functional groups attached to an aromatic ring is 1. The van der Waals surface area contributed by atoms with Crippen LogP contribution in [0.5, 0.6) is 0 Å². The van der Waals surface area contributed by atoms with Gasteiger partial charge in [-0.1, -0.05) is 42.5 Å². The molecule has 1 amide bonds. The van der Waals surface area contributed by atoms with Gasteiger partial charge in [0.1, 0.15) is 5.69 Å². The van der Waals surface area contributed by atoms with Crippen LogP contribution in [0.3, 0.4) is 0 Å². The normalized spacial score (nSPS) is 11.9. The average molecular weight is 382 g/mol. The number of nitrogens with one attached hydrogen (secondary N) is 2. The largest absolute Gasteiger partial charge is 0.387 e. The topological polar surface area (TPSA) is 100 Å². The maximum Gasteiger partial charge on any atom is 0.275 e. The minimum Gasteiger partial charge on any atom is -0.387 e. The fourth-order valence-corrected chi connectivity index (χ4v) is 3.15. The highest BCUT2D eigenvalue weighted by molar-refractivity contribution is 7.13. The molecule has 27 heavy (non-hydrogen) atoms. The smallest absolute Gasteiger partial charge is 0.275 e. The number of carbonyl (C=O) groups is 1. The Morgan fingerprint density at radius 2 is 1.89 bits per heavy atom. The highest BCUT2D eigenvalue weighted by Gasteiger charge is 2.10. The van der Waals surface area contributed by atoms with Gasteiger partial charge in [0.05, 0.1) is 6.10 Å². The highest BCUT2D eigenvalue weighted by atomic mass is 32.1. The molecule has 0 saturated carbocycles. The number of amides is 1. The van der Waals surface area contributed by atoms with Crippen LogP contribution in [0, 0.1) is 0 Å². The number of thiazole rings is 1. The molecular formula is C20H22N4O2S. The molecule has 6 nitrogen and oxygen atoms in total. The van der Waals surface area contributed by atoms with E-state index in [1.54, 1.807) is 5.38 Å². The van der Waals surface area contributed by atoms with E-state index in [2.05, 4.69) is 15.6 Å². The molecule has 140 valence electrons. The number of hydrogen-bond acceptors (Lipinski definition) is 6. The molecule has 1 heterocycles. The lowest BCUT2D eigenvalue weighted by Crippen LogP contribution is -2.23. The molecule has 0 radical (unpaired) electrons. The molecule has 1 atom stereocenters. The number of aliphatic hydroxyl groups is 1. The Kier molecular flexibility index (Phi) is 6.54. The molecule has 0 aliphatic heterocycles. The first-order valence-corrected chi connectivity index (χ1v) is 9.55. The lowest BCUT2D eigenvalue weighted by atomic mass is 10.1. The summed E-state index contributed by atoms with van der Waals surface area (Å²) >= 11 is 1.24. The van der Waals surface area contributed by atoms with Crippen molar-refractivity contribution in [2.24, 2.45) is 0 Å². The number of benzene rings is 2. The summed E-state index contributed by atoms with van der Waals surface area (Å²) in [6.45, 7) is 1.27. The van der Waals surface area contributed by atoms with Gasteiger partial charge in [-0.05, 0) is 36.2 Å². The van der Waals surface area contributed by atoms with Crippen LogP contribution in [-0.2, 0) is 6.42 Å². The Morgan fingerprint density at radius 3 is 2.56 bits per heavy atom. The van der Waals surface area contributed by atoms with E-state index in [0.29, 0.717) is 23.1 Å². The van der Waals surface area contributed by atoms with Gasteiger partial charge in [0.2, 0.25) is 0 Å². The lowest BCUT2D eigenvalue weighted by Gasteiger charge is -2.12. The van der Waals surface area contributed by atoms with Gasteiger partial charge >= 0.3 is 0 Å². The Bertz CT molecular complexity index is 865. The molecule has 1 unspecified atom stereocenters. The van der Waals surface area contributed by atoms with Crippen molar-refractivity contribution in [1.29, 1.82) is 0 Å². The van der Waals surface area contributed by atoms with Gasteiger partial charge < -0.3 is 21.5 Å². The van der Waals surface area contributed by atoms with Crippen LogP contribution in [0.2, 0.25) is 0 Å². The van der Waals surface area contributed by atoms with E-state index in [-0.39, 0.29) is 5.91 Å². The highest BCUT2D eigenvalue weighted by Crippen LogP contribution is 2.15. The Labute approximate surface area is 162 Å². The number of anilines is 2. The van der Waals surface area contributed by atoms with Crippen molar-refractivity contribution in [3.8, 4) is 0 Å². The third-order valence-corrected chi connectivity index (χ3v) is 4.75. The number of nitrogens with zero attached hydrogens (tertiary/aromatic N) is 1. The quantitative estimate of drug-likeness (QED) is 0.449. The Hall–Kier alpha value is -2.74. The van der Waals surface area contributed by atoms with E-state index >= 15 is 0 Å². The maximum atomic E-state index is 12.0. The van der Waals surface area contributed by atoms with Crippen molar-refractivity contribution < 1.29 is 9.90 Å². The zero-order chi connectivity index (χ0) is 19.1. The second-order valence-corrected chi connectivity index (χ2v) is 6.99. The standard InChI is InChI=1S/C20H22N4O2S/c21-20-24-17(13-27-20)19(26)23-16-8-6-14(7-9-16)10-11-22-12-18(25)15-4-2-1-3-5-15/h1-9,13,18,22,25H,10-12H2,(H2,21,24)(H,23,26). The van der Waals surface area contributed by atoms with E-state index in [1.165, 1.54) is 11.3 Å². The van der Waals surface area contributed by atoms with Gasteiger partial charge in [-0.15, -0.1) is 11.3 Å². The number of hydrogen-bond donors (Lipinski definition) is 4. The van der Waals surface area contributed by atoms with Crippen LogP contribution < -0.4 is 16.4 Å². The fourth-order valence-electron chi connectivity index (χ4n) is 2.61. The predicted octanol–water partition coefficient (Wildman–Crippen LogP) is 2.84. The number of nitrogens with two attached hydrogens (primary N) is 1. The molecule has 0 aliphatic rings. The summed E-state index contributed by atoms with van der Waals surface area (Å²) in [7, 11) is 0. The Balaban J connectivity index is 1.42. The predicted molar refractivity (Wildman–Crippen MR) is 109 cm³/mol. The SMILES string of the molecule is Nc1nc(C(=O)Nc2ccc(CCNCC(O)c3ccccc3)cc2)cs1. The Morgan fingerprint density at radius 1 is 1.15 bits per heavy atom. The molecule has 3 rings (SSSR count). The van der Waals surface area contributed by atoms with E-state index < -0.39 is 6.10 Å². The number of aliphatic hydroxyl groups excluding tert-OH is 1. The summed E-state index contributed by atoms with van der Waals surface area (Å²) in [6, 6.07) is 17.3. The maximum absolute atomic E-state index is 12.0. The van der Waals surface area contributed by atoms with E-state index in [0.717, 1.165) is 24.1 Å².